The third-order valence-electron chi connectivity index (χ3n) is 6.96. The lowest BCUT2D eigenvalue weighted by Gasteiger charge is -2.30. The number of hydrogen-bond acceptors (Lipinski definition) is 6. The van der Waals surface area contributed by atoms with Crippen molar-refractivity contribution in [1.82, 2.24) is 18.8 Å². The zero-order chi connectivity index (χ0) is 20.2. The van der Waals surface area contributed by atoms with E-state index in [1.807, 2.05) is 4.57 Å². The summed E-state index contributed by atoms with van der Waals surface area (Å²) in [6, 6.07) is 3.80. The van der Waals surface area contributed by atoms with E-state index in [-0.39, 0.29) is 17.6 Å². The molecule has 2 aromatic rings. The third-order valence-corrected chi connectivity index (χ3v) is 8.26. The summed E-state index contributed by atoms with van der Waals surface area (Å²) in [7, 11) is -3.14. The second-order valence-electron chi connectivity index (χ2n) is 8.84. The van der Waals surface area contributed by atoms with E-state index >= 15 is 0 Å². The fraction of sp³-hybridized carbons (Fsp3) is 0.650. The standard InChI is InChI=1S/C20H27N5O3S/c1-29(27,28)24-8-6-16(7-9-24)22-20-21-12-15-4-5-18(26)25(19(15)23-20)17-11-13-2-3-14(17)10-13/h4-5,12-14,16-17H,2-3,6-11H2,1H3,(H,21,22,23). The summed E-state index contributed by atoms with van der Waals surface area (Å²) in [6.45, 7) is 1.000. The number of nitrogens with one attached hydrogen (secondary N) is 1. The Morgan fingerprint density at radius 3 is 2.55 bits per heavy atom. The molecule has 0 aromatic carbocycles. The third kappa shape index (κ3) is 3.54. The fourth-order valence-corrected chi connectivity index (χ4v) is 6.34. The molecule has 3 atom stereocenters. The van der Waals surface area contributed by atoms with Gasteiger partial charge in [0.15, 0.2) is 0 Å². The molecular weight excluding hydrogens is 390 g/mol. The highest BCUT2D eigenvalue weighted by Crippen LogP contribution is 2.50. The maximum absolute atomic E-state index is 12.7. The fourth-order valence-electron chi connectivity index (χ4n) is 5.47. The van der Waals surface area contributed by atoms with Crippen LogP contribution in [0.5, 0.6) is 0 Å². The molecule has 1 aliphatic heterocycles. The van der Waals surface area contributed by atoms with Gasteiger partial charge in [0.25, 0.3) is 5.56 Å². The van der Waals surface area contributed by atoms with Gasteiger partial charge in [0, 0.05) is 42.8 Å². The highest BCUT2D eigenvalue weighted by atomic mass is 32.2. The zero-order valence-corrected chi connectivity index (χ0v) is 17.4. The number of rotatable bonds is 4. The van der Waals surface area contributed by atoms with E-state index in [1.165, 1.54) is 29.8 Å². The molecule has 29 heavy (non-hydrogen) atoms. The molecule has 8 nitrogen and oxygen atoms in total. The molecule has 9 heteroatoms. The molecule has 5 rings (SSSR count). The minimum Gasteiger partial charge on any atom is -0.351 e. The predicted molar refractivity (Wildman–Crippen MR) is 111 cm³/mol. The predicted octanol–water partition coefficient (Wildman–Crippen LogP) is 1.99. The van der Waals surface area contributed by atoms with Crippen LogP contribution in [0.25, 0.3) is 11.0 Å². The largest absolute Gasteiger partial charge is 0.351 e. The van der Waals surface area contributed by atoms with Crippen molar-refractivity contribution in [3.05, 3.63) is 28.7 Å². The van der Waals surface area contributed by atoms with E-state index in [0.717, 1.165) is 17.7 Å². The van der Waals surface area contributed by atoms with Gasteiger partial charge < -0.3 is 5.32 Å². The lowest BCUT2D eigenvalue weighted by molar-refractivity contribution is 0.328. The number of nitrogens with zero attached hydrogens (tertiary/aromatic N) is 4. The van der Waals surface area contributed by atoms with Gasteiger partial charge in [-0.2, -0.15) is 4.98 Å². The maximum atomic E-state index is 12.7. The number of sulfonamides is 1. The van der Waals surface area contributed by atoms with Crippen LogP contribution in [-0.2, 0) is 10.0 Å². The lowest BCUT2D eigenvalue weighted by Crippen LogP contribution is -2.42. The zero-order valence-electron chi connectivity index (χ0n) is 16.6. The Hall–Kier alpha value is -2.00. The number of fused-ring (bicyclic) bond motifs is 3. The number of piperidine rings is 1. The molecule has 2 bridgehead atoms. The molecule has 0 radical (unpaired) electrons. The molecule has 0 spiro atoms. The van der Waals surface area contributed by atoms with Crippen molar-refractivity contribution in [2.24, 2.45) is 11.8 Å². The molecular formula is C20H27N5O3S. The first kappa shape index (κ1) is 19.0. The van der Waals surface area contributed by atoms with Gasteiger partial charge in [-0.15, -0.1) is 0 Å². The molecule has 156 valence electrons. The monoisotopic (exact) mass is 417 g/mol. The van der Waals surface area contributed by atoms with Crippen LogP contribution in [0.15, 0.2) is 23.1 Å². The van der Waals surface area contributed by atoms with Crippen molar-refractivity contribution >= 4 is 27.0 Å². The molecule has 3 unspecified atom stereocenters. The first-order valence-electron chi connectivity index (χ1n) is 10.5. The summed E-state index contributed by atoms with van der Waals surface area (Å²) >= 11 is 0. The highest BCUT2D eigenvalue weighted by Gasteiger charge is 2.41. The van der Waals surface area contributed by atoms with Crippen LogP contribution in [-0.4, -0.2) is 52.6 Å². The molecule has 3 heterocycles. The molecule has 0 amide bonds. The van der Waals surface area contributed by atoms with E-state index in [2.05, 4.69) is 10.3 Å². The molecule has 2 saturated carbocycles. The van der Waals surface area contributed by atoms with E-state index in [9.17, 15) is 13.2 Å². The first-order valence-corrected chi connectivity index (χ1v) is 12.3. The summed E-state index contributed by atoms with van der Waals surface area (Å²) in [5.41, 5.74) is 0.724. The highest BCUT2D eigenvalue weighted by molar-refractivity contribution is 7.88. The summed E-state index contributed by atoms with van der Waals surface area (Å²) < 4.78 is 26.8. The van der Waals surface area contributed by atoms with E-state index in [0.29, 0.717) is 43.4 Å². The molecule has 3 fully saturated rings. The van der Waals surface area contributed by atoms with Gasteiger partial charge in [0.05, 0.1) is 6.26 Å². The molecule has 3 aliphatic rings. The van der Waals surface area contributed by atoms with Crippen molar-refractivity contribution in [2.75, 3.05) is 24.7 Å². The Balaban J connectivity index is 1.40. The Labute approximate surface area is 170 Å². The van der Waals surface area contributed by atoms with Crippen molar-refractivity contribution in [1.29, 1.82) is 0 Å². The van der Waals surface area contributed by atoms with Gasteiger partial charge in [-0.05, 0) is 50.0 Å². The summed E-state index contributed by atoms with van der Waals surface area (Å²) in [5.74, 6) is 1.83. The number of pyridine rings is 1. The Kier molecular flexibility index (Phi) is 4.62. The Morgan fingerprint density at radius 2 is 1.90 bits per heavy atom. The van der Waals surface area contributed by atoms with Crippen molar-refractivity contribution in [3.63, 3.8) is 0 Å². The molecule has 1 saturated heterocycles. The molecule has 2 aromatic heterocycles. The van der Waals surface area contributed by atoms with Crippen LogP contribution in [0.2, 0.25) is 0 Å². The topological polar surface area (TPSA) is 97.2 Å². The van der Waals surface area contributed by atoms with Crippen molar-refractivity contribution in [2.45, 2.75) is 50.6 Å². The number of aromatic nitrogens is 3. The molecule has 1 N–H and O–H groups in total. The lowest BCUT2D eigenvalue weighted by atomic mass is 9.95. The average Bonchev–Trinajstić information content (AvgIpc) is 3.31. The minimum atomic E-state index is -3.14. The van der Waals surface area contributed by atoms with Gasteiger partial charge in [-0.25, -0.2) is 17.7 Å². The van der Waals surface area contributed by atoms with Gasteiger partial charge >= 0.3 is 0 Å². The smallest absolute Gasteiger partial charge is 0.252 e. The van der Waals surface area contributed by atoms with E-state index < -0.39 is 10.0 Å². The van der Waals surface area contributed by atoms with Gasteiger partial charge in [-0.1, -0.05) is 6.42 Å². The second-order valence-corrected chi connectivity index (χ2v) is 10.8. The SMILES string of the molecule is CS(=O)(=O)N1CCC(Nc2ncc3ccc(=O)n(C4CC5CCC4C5)c3n2)CC1. The van der Waals surface area contributed by atoms with Crippen molar-refractivity contribution in [3.8, 4) is 0 Å². The van der Waals surface area contributed by atoms with Crippen LogP contribution in [0.4, 0.5) is 5.95 Å². The van der Waals surface area contributed by atoms with Crippen LogP contribution < -0.4 is 10.9 Å². The number of hydrogen-bond donors (Lipinski definition) is 1. The normalized spacial score (nSPS) is 28.2. The summed E-state index contributed by atoms with van der Waals surface area (Å²) in [4.78, 5) is 21.9. The maximum Gasteiger partial charge on any atom is 0.252 e. The van der Waals surface area contributed by atoms with Gasteiger partial charge in [0.2, 0.25) is 16.0 Å². The van der Waals surface area contributed by atoms with E-state index in [4.69, 9.17) is 4.98 Å². The minimum absolute atomic E-state index is 0.0150. The van der Waals surface area contributed by atoms with Crippen LogP contribution in [0.3, 0.4) is 0 Å². The molecule has 2 aliphatic carbocycles. The summed E-state index contributed by atoms with van der Waals surface area (Å²) in [5, 5.41) is 4.24. The van der Waals surface area contributed by atoms with Gasteiger partial charge in [-0.3, -0.25) is 9.36 Å². The van der Waals surface area contributed by atoms with Crippen LogP contribution >= 0.6 is 0 Å². The Bertz CT molecular complexity index is 1090. The first-order chi connectivity index (χ1) is 13.9. The van der Waals surface area contributed by atoms with E-state index in [1.54, 1.807) is 18.3 Å². The van der Waals surface area contributed by atoms with Crippen LogP contribution in [0, 0.1) is 11.8 Å². The summed E-state index contributed by atoms with van der Waals surface area (Å²) in [6.07, 6.45) is 9.23. The van der Waals surface area contributed by atoms with Crippen LogP contribution in [0.1, 0.15) is 44.6 Å². The average molecular weight is 418 g/mol. The Morgan fingerprint density at radius 1 is 1.10 bits per heavy atom. The quantitative estimate of drug-likeness (QED) is 0.817. The van der Waals surface area contributed by atoms with Crippen molar-refractivity contribution < 1.29 is 8.42 Å². The second kappa shape index (κ2) is 7.05. The van der Waals surface area contributed by atoms with Gasteiger partial charge in [0.1, 0.15) is 5.65 Å². The number of anilines is 1.